The van der Waals surface area contributed by atoms with E-state index in [9.17, 15) is 9.59 Å². The van der Waals surface area contributed by atoms with Crippen LogP contribution < -0.4 is 10.2 Å². The first-order valence-electron chi connectivity index (χ1n) is 8.54. The van der Waals surface area contributed by atoms with Gasteiger partial charge in [0.1, 0.15) is 0 Å². The first-order valence-corrected chi connectivity index (χ1v) is 8.54. The highest BCUT2D eigenvalue weighted by Crippen LogP contribution is 2.19. The van der Waals surface area contributed by atoms with Crippen LogP contribution in [0, 0.1) is 0 Å². The average molecular weight is 338 g/mol. The van der Waals surface area contributed by atoms with E-state index in [1.165, 1.54) is 0 Å². The Bertz CT molecular complexity index is 697. The van der Waals surface area contributed by atoms with Gasteiger partial charge in [-0.15, -0.1) is 0 Å². The van der Waals surface area contributed by atoms with Gasteiger partial charge < -0.3 is 15.0 Å². The summed E-state index contributed by atoms with van der Waals surface area (Å²) >= 11 is 0. The maximum Gasteiger partial charge on any atom is 0.251 e. The number of carbonyl (C=O) groups is 2. The van der Waals surface area contributed by atoms with Crippen LogP contribution in [0.15, 0.2) is 60.7 Å². The van der Waals surface area contributed by atoms with Crippen molar-refractivity contribution in [3.63, 3.8) is 0 Å². The van der Waals surface area contributed by atoms with Crippen molar-refractivity contribution < 1.29 is 14.3 Å². The lowest BCUT2D eigenvalue weighted by Crippen LogP contribution is -2.43. The van der Waals surface area contributed by atoms with Gasteiger partial charge in [-0.1, -0.05) is 36.4 Å². The number of carbonyl (C=O) groups excluding carboxylic acids is 2. The van der Waals surface area contributed by atoms with E-state index in [1.807, 2.05) is 36.4 Å². The van der Waals surface area contributed by atoms with E-state index in [4.69, 9.17) is 4.74 Å². The van der Waals surface area contributed by atoms with E-state index in [0.29, 0.717) is 12.1 Å². The summed E-state index contributed by atoms with van der Waals surface area (Å²) in [5.74, 6) is -0.398. The fourth-order valence-corrected chi connectivity index (χ4v) is 2.89. The first kappa shape index (κ1) is 17.2. The van der Waals surface area contributed by atoms with Crippen LogP contribution in [0.25, 0.3) is 0 Å². The van der Waals surface area contributed by atoms with E-state index in [1.54, 1.807) is 29.2 Å². The molecule has 5 heteroatoms. The molecule has 1 unspecified atom stereocenters. The van der Waals surface area contributed by atoms with E-state index in [0.717, 1.165) is 25.1 Å². The van der Waals surface area contributed by atoms with Crippen LogP contribution in [0.2, 0.25) is 0 Å². The predicted molar refractivity (Wildman–Crippen MR) is 96.5 cm³/mol. The van der Waals surface area contributed by atoms with Gasteiger partial charge in [0.25, 0.3) is 5.91 Å². The largest absolute Gasteiger partial charge is 0.376 e. The highest BCUT2D eigenvalue weighted by Gasteiger charge is 2.24. The normalized spacial score (nSPS) is 16.4. The average Bonchev–Trinajstić information content (AvgIpc) is 3.18. The van der Waals surface area contributed by atoms with Crippen molar-refractivity contribution in [1.29, 1.82) is 0 Å². The summed E-state index contributed by atoms with van der Waals surface area (Å²) in [6.45, 7) is 1.20. The minimum absolute atomic E-state index is 0.0463. The first-order chi connectivity index (χ1) is 12.2. The van der Waals surface area contributed by atoms with Gasteiger partial charge in [0.2, 0.25) is 5.91 Å². The number of rotatable bonds is 6. The third kappa shape index (κ3) is 4.67. The van der Waals surface area contributed by atoms with Gasteiger partial charge in [-0.05, 0) is 37.1 Å². The van der Waals surface area contributed by atoms with Crippen LogP contribution in [0.4, 0.5) is 5.69 Å². The Balaban J connectivity index is 1.65. The lowest BCUT2D eigenvalue weighted by molar-refractivity contribution is -0.118. The Morgan fingerprint density at radius 1 is 1.04 bits per heavy atom. The van der Waals surface area contributed by atoms with Crippen molar-refractivity contribution in [2.75, 3.05) is 24.6 Å². The van der Waals surface area contributed by atoms with Gasteiger partial charge in [0, 0.05) is 17.9 Å². The lowest BCUT2D eigenvalue weighted by atomic mass is 10.2. The monoisotopic (exact) mass is 338 g/mol. The van der Waals surface area contributed by atoms with Crippen molar-refractivity contribution >= 4 is 17.5 Å². The molecule has 2 aromatic rings. The molecule has 1 atom stereocenters. The number of hydrogen-bond donors (Lipinski definition) is 1. The van der Waals surface area contributed by atoms with E-state index in [-0.39, 0.29) is 24.5 Å². The number of nitrogens with one attached hydrogen (secondary N) is 1. The summed E-state index contributed by atoms with van der Waals surface area (Å²) in [5, 5.41) is 2.70. The molecular formula is C20H22N2O3. The van der Waals surface area contributed by atoms with E-state index < -0.39 is 0 Å². The molecule has 2 aromatic carbocycles. The summed E-state index contributed by atoms with van der Waals surface area (Å²) in [7, 11) is 0. The van der Waals surface area contributed by atoms with Crippen LogP contribution in [0.5, 0.6) is 0 Å². The number of ether oxygens (including phenoxy) is 1. The minimum Gasteiger partial charge on any atom is -0.376 e. The number of benzene rings is 2. The highest BCUT2D eigenvalue weighted by atomic mass is 16.5. The molecular weight excluding hydrogens is 316 g/mol. The van der Waals surface area contributed by atoms with Gasteiger partial charge in [-0.2, -0.15) is 0 Å². The van der Waals surface area contributed by atoms with Crippen LogP contribution in [-0.4, -0.2) is 37.6 Å². The standard InChI is InChI=1S/C20H22N2O3/c23-19(14-21-20(24)16-8-3-1-4-9-16)22(15-18-12-7-13-25-18)17-10-5-2-6-11-17/h1-6,8-11,18H,7,12-15H2,(H,21,24). The van der Waals surface area contributed by atoms with E-state index >= 15 is 0 Å². The molecule has 2 amide bonds. The van der Waals surface area contributed by atoms with Gasteiger partial charge in [-0.25, -0.2) is 0 Å². The zero-order valence-corrected chi connectivity index (χ0v) is 14.1. The van der Waals surface area contributed by atoms with Crippen molar-refractivity contribution in [1.82, 2.24) is 5.32 Å². The van der Waals surface area contributed by atoms with Gasteiger partial charge in [0.05, 0.1) is 19.2 Å². The molecule has 1 heterocycles. The Labute approximate surface area is 147 Å². The molecule has 1 fully saturated rings. The predicted octanol–water partition coefficient (Wildman–Crippen LogP) is 2.63. The maximum atomic E-state index is 12.7. The zero-order chi connectivity index (χ0) is 17.5. The van der Waals surface area contributed by atoms with Gasteiger partial charge >= 0.3 is 0 Å². The fraction of sp³-hybridized carbons (Fsp3) is 0.300. The van der Waals surface area contributed by atoms with Crippen LogP contribution in [0.1, 0.15) is 23.2 Å². The van der Waals surface area contributed by atoms with Gasteiger partial charge in [0.15, 0.2) is 0 Å². The van der Waals surface area contributed by atoms with Crippen LogP contribution in [0.3, 0.4) is 0 Å². The summed E-state index contributed by atoms with van der Waals surface area (Å²) in [4.78, 5) is 26.6. The SMILES string of the molecule is O=C(NCC(=O)N(CC1CCCO1)c1ccccc1)c1ccccc1. The Hall–Kier alpha value is -2.66. The molecule has 0 aromatic heterocycles. The van der Waals surface area contributed by atoms with Crippen molar-refractivity contribution in [3.05, 3.63) is 66.2 Å². The molecule has 3 rings (SSSR count). The molecule has 1 saturated heterocycles. The molecule has 0 aliphatic carbocycles. The highest BCUT2D eigenvalue weighted by molar-refractivity contribution is 6.00. The summed E-state index contributed by atoms with van der Waals surface area (Å²) in [6, 6.07) is 18.4. The molecule has 5 nitrogen and oxygen atoms in total. The number of nitrogens with zero attached hydrogens (tertiary/aromatic N) is 1. The number of anilines is 1. The molecule has 0 bridgehead atoms. The Morgan fingerprint density at radius 2 is 1.72 bits per heavy atom. The van der Waals surface area contributed by atoms with Crippen molar-refractivity contribution in [3.8, 4) is 0 Å². The third-order valence-electron chi connectivity index (χ3n) is 4.22. The second kappa shape index (κ2) is 8.44. The smallest absolute Gasteiger partial charge is 0.251 e. The molecule has 1 aliphatic heterocycles. The minimum atomic E-state index is -0.251. The lowest BCUT2D eigenvalue weighted by Gasteiger charge is -2.25. The zero-order valence-electron chi connectivity index (χ0n) is 14.1. The maximum absolute atomic E-state index is 12.7. The fourth-order valence-electron chi connectivity index (χ4n) is 2.89. The van der Waals surface area contributed by atoms with Crippen molar-refractivity contribution in [2.45, 2.75) is 18.9 Å². The second-order valence-electron chi connectivity index (χ2n) is 6.02. The number of amides is 2. The quantitative estimate of drug-likeness (QED) is 0.881. The van der Waals surface area contributed by atoms with E-state index in [2.05, 4.69) is 5.32 Å². The summed E-state index contributed by atoms with van der Waals surface area (Å²) in [6.07, 6.45) is 2.02. The number of para-hydroxylation sites is 1. The van der Waals surface area contributed by atoms with Crippen LogP contribution in [-0.2, 0) is 9.53 Å². The molecule has 0 spiro atoms. The Morgan fingerprint density at radius 3 is 2.36 bits per heavy atom. The Kier molecular flexibility index (Phi) is 5.80. The third-order valence-corrected chi connectivity index (χ3v) is 4.22. The molecule has 25 heavy (non-hydrogen) atoms. The van der Waals surface area contributed by atoms with Crippen LogP contribution >= 0.6 is 0 Å². The summed E-state index contributed by atoms with van der Waals surface area (Å²) < 4.78 is 5.67. The second-order valence-corrected chi connectivity index (χ2v) is 6.02. The van der Waals surface area contributed by atoms with Gasteiger partial charge in [-0.3, -0.25) is 9.59 Å². The molecule has 1 N–H and O–H groups in total. The van der Waals surface area contributed by atoms with Crippen molar-refractivity contribution in [2.24, 2.45) is 0 Å². The number of hydrogen-bond acceptors (Lipinski definition) is 3. The summed E-state index contributed by atoms with van der Waals surface area (Å²) in [5.41, 5.74) is 1.36. The molecule has 0 saturated carbocycles. The topological polar surface area (TPSA) is 58.6 Å². The molecule has 0 radical (unpaired) electrons. The molecule has 130 valence electrons. The molecule has 1 aliphatic rings.